The van der Waals surface area contributed by atoms with Gasteiger partial charge in [-0.25, -0.2) is 4.52 Å². The van der Waals surface area contributed by atoms with Crippen LogP contribution >= 0.6 is 0 Å². The lowest BCUT2D eigenvalue weighted by Crippen LogP contribution is -2.36. The molecule has 1 aliphatic rings. The molecule has 0 atom stereocenters. The number of anilines is 2. The summed E-state index contributed by atoms with van der Waals surface area (Å²) >= 11 is 0. The van der Waals surface area contributed by atoms with Crippen LogP contribution in [0.3, 0.4) is 0 Å². The van der Waals surface area contributed by atoms with E-state index < -0.39 is 5.60 Å². The SMILES string of the molecule is CN=Nc1ccc(-c2ccn3nc(NC4CCC(C)(O)CC4)nc(NC(C)C)c23)nc1C. The molecule has 3 aromatic heterocycles. The molecule has 4 rings (SSSR count). The van der Waals surface area contributed by atoms with Crippen LogP contribution in [0.2, 0.25) is 0 Å². The first kappa shape index (κ1) is 22.1. The quantitative estimate of drug-likeness (QED) is 0.481. The van der Waals surface area contributed by atoms with E-state index in [4.69, 9.17) is 15.1 Å². The maximum Gasteiger partial charge on any atom is 0.243 e. The van der Waals surface area contributed by atoms with Crippen molar-refractivity contribution in [3.63, 3.8) is 0 Å². The molecule has 0 radical (unpaired) electrons. The molecular formula is C23H32N8O. The van der Waals surface area contributed by atoms with Gasteiger partial charge in [-0.2, -0.15) is 15.2 Å². The van der Waals surface area contributed by atoms with Gasteiger partial charge in [-0.1, -0.05) is 0 Å². The highest BCUT2D eigenvalue weighted by molar-refractivity contribution is 5.88. The van der Waals surface area contributed by atoms with E-state index in [-0.39, 0.29) is 12.1 Å². The highest BCUT2D eigenvalue weighted by Crippen LogP contribution is 2.33. The highest BCUT2D eigenvalue weighted by Gasteiger charge is 2.29. The molecule has 1 fully saturated rings. The Balaban J connectivity index is 1.70. The topological polar surface area (TPSA) is 112 Å². The number of azo groups is 1. The monoisotopic (exact) mass is 436 g/mol. The zero-order valence-electron chi connectivity index (χ0n) is 19.4. The standard InChI is InChI=1S/C23H32N8O/c1-14(2)25-21-20-17(19-7-6-18(29-24-5)15(3)26-19)10-13-31(20)30-22(28-21)27-16-8-11-23(4,32)12-9-16/h6-7,10,13-14,16,32H,8-9,11-12H2,1-5H3,(H2,25,27,28,30). The van der Waals surface area contributed by atoms with E-state index in [0.29, 0.717) is 5.95 Å². The van der Waals surface area contributed by atoms with E-state index in [1.54, 1.807) is 7.05 Å². The van der Waals surface area contributed by atoms with Crippen molar-refractivity contribution in [3.05, 3.63) is 30.1 Å². The zero-order chi connectivity index (χ0) is 22.9. The van der Waals surface area contributed by atoms with Crippen molar-refractivity contribution in [2.75, 3.05) is 17.7 Å². The van der Waals surface area contributed by atoms with E-state index in [1.165, 1.54) is 0 Å². The first-order valence-corrected chi connectivity index (χ1v) is 11.2. The lowest BCUT2D eigenvalue weighted by atomic mass is 9.84. The third-order valence-electron chi connectivity index (χ3n) is 5.87. The van der Waals surface area contributed by atoms with Crippen molar-refractivity contribution in [2.24, 2.45) is 10.2 Å². The lowest BCUT2D eigenvalue weighted by Gasteiger charge is -2.33. The number of aryl methyl sites for hydroxylation is 1. The molecule has 1 saturated carbocycles. The Labute approximate surface area is 188 Å². The van der Waals surface area contributed by atoms with Crippen LogP contribution in [0, 0.1) is 6.92 Å². The summed E-state index contributed by atoms with van der Waals surface area (Å²) in [6.45, 7) is 8.01. The van der Waals surface area contributed by atoms with Crippen molar-refractivity contribution in [2.45, 2.75) is 71.1 Å². The van der Waals surface area contributed by atoms with Gasteiger partial charge in [0.1, 0.15) is 11.2 Å². The van der Waals surface area contributed by atoms with Crippen LogP contribution in [0.4, 0.5) is 17.5 Å². The Bertz CT molecular complexity index is 1120. The van der Waals surface area contributed by atoms with Gasteiger partial charge in [0.25, 0.3) is 0 Å². The summed E-state index contributed by atoms with van der Waals surface area (Å²) in [5, 5.41) is 29.9. The van der Waals surface area contributed by atoms with Gasteiger partial charge >= 0.3 is 0 Å². The lowest BCUT2D eigenvalue weighted by molar-refractivity contribution is 0.0195. The third kappa shape index (κ3) is 4.72. The van der Waals surface area contributed by atoms with Gasteiger partial charge in [-0.15, -0.1) is 5.10 Å². The molecule has 0 aliphatic heterocycles. The van der Waals surface area contributed by atoms with E-state index in [2.05, 4.69) is 34.7 Å². The second-order valence-electron chi connectivity index (χ2n) is 9.12. The number of hydrogen-bond donors (Lipinski definition) is 3. The van der Waals surface area contributed by atoms with Crippen LogP contribution in [0.15, 0.2) is 34.6 Å². The fourth-order valence-electron chi connectivity index (χ4n) is 4.15. The fourth-order valence-corrected chi connectivity index (χ4v) is 4.15. The number of nitrogens with one attached hydrogen (secondary N) is 2. The molecular weight excluding hydrogens is 404 g/mol. The first-order valence-electron chi connectivity index (χ1n) is 11.2. The molecule has 170 valence electrons. The van der Waals surface area contributed by atoms with Gasteiger partial charge in [0.2, 0.25) is 5.95 Å². The minimum atomic E-state index is -0.568. The number of nitrogens with zero attached hydrogens (tertiary/aromatic N) is 6. The molecule has 3 N–H and O–H groups in total. The molecule has 9 nitrogen and oxygen atoms in total. The highest BCUT2D eigenvalue weighted by atomic mass is 16.3. The summed E-state index contributed by atoms with van der Waals surface area (Å²) in [5.74, 6) is 1.34. The molecule has 0 spiro atoms. The average Bonchev–Trinajstić information content (AvgIpc) is 3.15. The summed E-state index contributed by atoms with van der Waals surface area (Å²) in [6.07, 6.45) is 5.27. The summed E-state index contributed by atoms with van der Waals surface area (Å²) in [6, 6.07) is 6.35. The number of fused-ring (bicyclic) bond motifs is 1. The predicted molar refractivity (Wildman–Crippen MR) is 127 cm³/mol. The molecule has 0 aromatic carbocycles. The Kier molecular flexibility index (Phi) is 6.10. The van der Waals surface area contributed by atoms with Crippen molar-refractivity contribution in [1.29, 1.82) is 0 Å². The Hall–Kier alpha value is -3.07. The average molecular weight is 437 g/mol. The molecule has 9 heteroatoms. The number of rotatable bonds is 6. The molecule has 0 bridgehead atoms. The van der Waals surface area contributed by atoms with E-state index in [1.807, 2.05) is 42.8 Å². The maximum absolute atomic E-state index is 10.2. The number of pyridine rings is 1. The molecule has 3 aromatic rings. The van der Waals surface area contributed by atoms with Gasteiger partial charge < -0.3 is 15.7 Å². The number of aromatic nitrogens is 4. The van der Waals surface area contributed by atoms with Gasteiger partial charge in [0.15, 0.2) is 5.82 Å². The Morgan fingerprint density at radius 1 is 1.19 bits per heavy atom. The predicted octanol–water partition coefficient (Wildman–Crippen LogP) is 4.74. The van der Waals surface area contributed by atoms with Crippen molar-refractivity contribution in [1.82, 2.24) is 19.6 Å². The van der Waals surface area contributed by atoms with Gasteiger partial charge in [-0.05, 0) is 71.6 Å². The normalized spacial score (nSPS) is 21.5. The second-order valence-corrected chi connectivity index (χ2v) is 9.12. The summed E-state index contributed by atoms with van der Waals surface area (Å²) in [4.78, 5) is 9.57. The summed E-state index contributed by atoms with van der Waals surface area (Å²) in [7, 11) is 1.65. The van der Waals surface area contributed by atoms with Crippen LogP contribution in [-0.2, 0) is 0 Å². The molecule has 0 saturated heterocycles. The molecule has 3 heterocycles. The molecule has 32 heavy (non-hydrogen) atoms. The minimum absolute atomic E-state index is 0.205. The van der Waals surface area contributed by atoms with Crippen molar-refractivity contribution >= 4 is 23.0 Å². The van der Waals surface area contributed by atoms with Crippen molar-refractivity contribution < 1.29 is 5.11 Å². The van der Waals surface area contributed by atoms with E-state index >= 15 is 0 Å². The largest absolute Gasteiger partial charge is 0.390 e. The first-order chi connectivity index (χ1) is 15.3. The second kappa shape index (κ2) is 8.82. The molecule has 0 amide bonds. The Morgan fingerprint density at radius 3 is 2.59 bits per heavy atom. The summed E-state index contributed by atoms with van der Waals surface area (Å²) < 4.78 is 1.85. The number of hydrogen-bond acceptors (Lipinski definition) is 8. The van der Waals surface area contributed by atoms with Gasteiger partial charge in [0, 0.05) is 30.9 Å². The van der Waals surface area contributed by atoms with Gasteiger partial charge in [0.05, 0.1) is 17.0 Å². The molecule has 0 unspecified atom stereocenters. The van der Waals surface area contributed by atoms with Crippen LogP contribution in [0.5, 0.6) is 0 Å². The minimum Gasteiger partial charge on any atom is -0.390 e. The summed E-state index contributed by atoms with van der Waals surface area (Å²) in [5.41, 5.74) is 3.68. The van der Waals surface area contributed by atoms with Crippen LogP contribution in [0.1, 0.15) is 52.1 Å². The third-order valence-corrected chi connectivity index (χ3v) is 5.87. The maximum atomic E-state index is 10.2. The van der Waals surface area contributed by atoms with Gasteiger partial charge in [-0.3, -0.25) is 4.98 Å². The number of aliphatic hydroxyl groups is 1. The van der Waals surface area contributed by atoms with Crippen LogP contribution < -0.4 is 10.6 Å². The smallest absolute Gasteiger partial charge is 0.243 e. The zero-order valence-corrected chi connectivity index (χ0v) is 19.4. The van der Waals surface area contributed by atoms with Crippen molar-refractivity contribution in [3.8, 4) is 11.3 Å². The van der Waals surface area contributed by atoms with Crippen LogP contribution in [-0.4, -0.2) is 49.4 Å². The Morgan fingerprint density at radius 2 is 1.94 bits per heavy atom. The fraction of sp³-hybridized carbons (Fsp3) is 0.522. The van der Waals surface area contributed by atoms with E-state index in [9.17, 15) is 5.11 Å². The van der Waals surface area contributed by atoms with Crippen LogP contribution in [0.25, 0.3) is 16.8 Å². The molecule has 1 aliphatic carbocycles. The van der Waals surface area contributed by atoms with E-state index in [0.717, 1.165) is 59.7 Å².